The van der Waals surface area contributed by atoms with Crippen molar-refractivity contribution in [2.45, 2.75) is 64.5 Å². The number of hydrogen-bond acceptors (Lipinski definition) is 2. The average Bonchev–Trinajstić information content (AvgIpc) is 2.86. The fourth-order valence-electron chi connectivity index (χ4n) is 4.17. The van der Waals surface area contributed by atoms with E-state index in [9.17, 15) is 0 Å². The van der Waals surface area contributed by atoms with Crippen LogP contribution in [-0.4, -0.2) is 18.6 Å². The number of hydrogen-bond donors (Lipinski definition) is 2. The van der Waals surface area contributed by atoms with Crippen LogP contribution in [0.4, 0.5) is 5.69 Å². The number of nitrogens with one attached hydrogen (secondary N) is 2. The summed E-state index contributed by atoms with van der Waals surface area (Å²) >= 11 is 0. The van der Waals surface area contributed by atoms with Gasteiger partial charge < -0.3 is 10.6 Å². The number of aryl methyl sites for hydroxylation is 2. The minimum absolute atomic E-state index is 0.659. The predicted octanol–water partition coefficient (Wildman–Crippen LogP) is 4.03. The SMILES string of the molecule is Cc1cc(C)cc(NC2CCCC2C2CCCCN2)c1. The van der Waals surface area contributed by atoms with Crippen LogP contribution < -0.4 is 10.6 Å². The molecule has 1 saturated carbocycles. The first-order chi connectivity index (χ1) is 9.72. The number of rotatable bonds is 3. The van der Waals surface area contributed by atoms with Crippen molar-refractivity contribution >= 4 is 5.69 Å². The summed E-state index contributed by atoms with van der Waals surface area (Å²) in [5, 5.41) is 7.59. The molecule has 2 N–H and O–H groups in total. The van der Waals surface area contributed by atoms with Crippen LogP contribution in [0.2, 0.25) is 0 Å². The van der Waals surface area contributed by atoms with Gasteiger partial charge in [0, 0.05) is 17.8 Å². The van der Waals surface area contributed by atoms with E-state index in [4.69, 9.17) is 0 Å². The van der Waals surface area contributed by atoms with Crippen LogP contribution in [0, 0.1) is 19.8 Å². The van der Waals surface area contributed by atoms with Gasteiger partial charge in [-0.15, -0.1) is 0 Å². The predicted molar refractivity (Wildman–Crippen MR) is 86.3 cm³/mol. The van der Waals surface area contributed by atoms with Crippen LogP contribution in [0.5, 0.6) is 0 Å². The van der Waals surface area contributed by atoms with Crippen LogP contribution in [0.3, 0.4) is 0 Å². The Bertz CT molecular complexity index is 428. The first-order valence-corrected chi connectivity index (χ1v) is 8.30. The Kier molecular flexibility index (Phi) is 4.30. The quantitative estimate of drug-likeness (QED) is 0.868. The molecule has 1 saturated heterocycles. The molecule has 0 amide bonds. The second kappa shape index (κ2) is 6.17. The van der Waals surface area contributed by atoms with Gasteiger partial charge in [-0.2, -0.15) is 0 Å². The molecule has 0 bridgehead atoms. The molecule has 0 aromatic heterocycles. The van der Waals surface area contributed by atoms with Crippen LogP contribution in [-0.2, 0) is 0 Å². The highest BCUT2D eigenvalue weighted by Gasteiger charge is 2.34. The Hall–Kier alpha value is -1.02. The summed E-state index contributed by atoms with van der Waals surface area (Å²) < 4.78 is 0. The summed E-state index contributed by atoms with van der Waals surface area (Å²) in [6.45, 7) is 5.59. The van der Waals surface area contributed by atoms with E-state index < -0.39 is 0 Å². The molecule has 1 heterocycles. The second-order valence-electron chi connectivity index (χ2n) is 6.78. The van der Waals surface area contributed by atoms with Crippen LogP contribution in [0.1, 0.15) is 49.7 Å². The Morgan fingerprint density at radius 3 is 2.45 bits per heavy atom. The first-order valence-electron chi connectivity index (χ1n) is 8.30. The molecule has 1 aromatic carbocycles. The Morgan fingerprint density at radius 1 is 0.950 bits per heavy atom. The molecule has 20 heavy (non-hydrogen) atoms. The van der Waals surface area contributed by atoms with E-state index in [1.807, 2.05) is 0 Å². The van der Waals surface area contributed by atoms with Gasteiger partial charge in [0.05, 0.1) is 0 Å². The minimum atomic E-state index is 0.659. The van der Waals surface area contributed by atoms with Gasteiger partial charge in [-0.25, -0.2) is 0 Å². The van der Waals surface area contributed by atoms with Crippen LogP contribution in [0.25, 0.3) is 0 Å². The zero-order valence-corrected chi connectivity index (χ0v) is 12.9. The van der Waals surface area contributed by atoms with Crippen LogP contribution in [0.15, 0.2) is 18.2 Å². The van der Waals surface area contributed by atoms with Crippen molar-refractivity contribution in [3.8, 4) is 0 Å². The number of piperidine rings is 1. The zero-order chi connectivity index (χ0) is 13.9. The van der Waals surface area contributed by atoms with Gasteiger partial charge in [-0.3, -0.25) is 0 Å². The third-order valence-corrected chi connectivity index (χ3v) is 5.01. The molecule has 3 unspecified atom stereocenters. The third-order valence-electron chi connectivity index (χ3n) is 5.01. The average molecular weight is 272 g/mol. The largest absolute Gasteiger partial charge is 0.382 e. The summed E-state index contributed by atoms with van der Waals surface area (Å²) in [6.07, 6.45) is 8.24. The lowest BCUT2D eigenvalue weighted by molar-refractivity contribution is 0.286. The van der Waals surface area contributed by atoms with Gasteiger partial charge in [-0.05, 0) is 75.3 Å². The Balaban J connectivity index is 1.68. The van der Waals surface area contributed by atoms with E-state index in [2.05, 4.69) is 42.7 Å². The summed E-state index contributed by atoms with van der Waals surface area (Å²) in [6, 6.07) is 8.23. The maximum Gasteiger partial charge on any atom is 0.0347 e. The molecule has 2 heteroatoms. The highest BCUT2D eigenvalue weighted by molar-refractivity contribution is 5.49. The van der Waals surface area contributed by atoms with Crippen molar-refractivity contribution in [1.29, 1.82) is 0 Å². The number of benzene rings is 1. The van der Waals surface area contributed by atoms with Gasteiger partial charge >= 0.3 is 0 Å². The van der Waals surface area contributed by atoms with Gasteiger partial charge in [0.2, 0.25) is 0 Å². The van der Waals surface area contributed by atoms with Crippen molar-refractivity contribution in [3.63, 3.8) is 0 Å². The van der Waals surface area contributed by atoms with E-state index in [0.29, 0.717) is 6.04 Å². The molecule has 2 nitrogen and oxygen atoms in total. The lowest BCUT2D eigenvalue weighted by Gasteiger charge is -2.33. The summed E-state index contributed by atoms with van der Waals surface area (Å²) in [7, 11) is 0. The lowest BCUT2D eigenvalue weighted by Crippen LogP contribution is -2.44. The molecular formula is C18H28N2. The minimum Gasteiger partial charge on any atom is -0.382 e. The Labute approximate surface area is 123 Å². The molecule has 0 spiro atoms. The highest BCUT2D eigenvalue weighted by atomic mass is 15.0. The van der Waals surface area contributed by atoms with Crippen molar-refractivity contribution in [1.82, 2.24) is 5.32 Å². The summed E-state index contributed by atoms with van der Waals surface area (Å²) in [5.41, 5.74) is 4.03. The molecule has 1 aliphatic heterocycles. The standard InChI is InChI=1S/C18H28N2/c1-13-10-14(2)12-15(11-13)20-18-8-5-6-16(18)17-7-3-4-9-19-17/h10-12,16-20H,3-9H2,1-2H3. The fourth-order valence-corrected chi connectivity index (χ4v) is 4.17. The highest BCUT2D eigenvalue weighted by Crippen LogP contribution is 2.34. The van der Waals surface area contributed by atoms with Crippen LogP contribution >= 0.6 is 0 Å². The van der Waals surface area contributed by atoms with Gasteiger partial charge in [0.1, 0.15) is 0 Å². The summed E-state index contributed by atoms with van der Waals surface area (Å²) in [4.78, 5) is 0. The fraction of sp³-hybridized carbons (Fsp3) is 0.667. The van der Waals surface area contributed by atoms with E-state index in [1.165, 1.54) is 61.9 Å². The third kappa shape index (κ3) is 3.17. The molecule has 3 atom stereocenters. The maximum absolute atomic E-state index is 3.83. The smallest absolute Gasteiger partial charge is 0.0347 e. The molecular weight excluding hydrogens is 244 g/mol. The summed E-state index contributed by atoms with van der Waals surface area (Å²) in [5.74, 6) is 0.816. The molecule has 1 aliphatic carbocycles. The molecule has 3 rings (SSSR count). The van der Waals surface area contributed by atoms with E-state index in [-0.39, 0.29) is 0 Å². The van der Waals surface area contributed by atoms with Gasteiger partial charge in [-0.1, -0.05) is 18.9 Å². The monoisotopic (exact) mass is 272 g/mol. The van der Waals surface area contributed by atoms with Crippen molar-refractivity contribution < 1.29 is 0 Å². The topological polar surface area (TPSA) is 24.1 Å². The van der Waals surface area contributed by atoms with Gasteiger partial charge in [0.15, 0.2) is 0 Å². The second-order valence-corrected chi connectivity index (χ2v) is 6.78. The van der Waals surface area contributed by atoms with E-state index in [0.717, 1.165) is 12.0 Å². The normalized spacial score (nSPS) is 30.4. The molecule has 2 fully saturated rings. The first kappa shape index (κ1) is 13.9. The Morgan fingerprint density at radius 2 is 1.75 bits per heavy atom. The maximum atomic E-state index is 3.83. The molecule has 2 aliphatic rings. The van der Waals surface area contributed by atoms with Crippen molar-refractivity contribution in [2.75, 3.05) is 11.9 Å². The van der Waals surface area contributed by atoms with E-state index >= 15 is 0 Å². The molecule has 1 aromatic rings. The lowest BCUT2D eigenvalue weighted by atomic mass is 9.88. The molecule has 110 valence electrons. The number of anilines is 1. The van der Waals surface area contributed by atoms with Crippen molar-refractivity contribution in [3.05, 3.63) is 29.3 Å². The van der Waals surface area contributed by atoms with Crippen molar-refractivity contribution in [2.24, 2.45) is 5.92 Å². The van der Waals surface area contributed by atoms with Gasteiger partial charge in [0.25, 0.3) is 0 Å². The zero-order valence-electron chi connectivity index (χ0n) is 12.9. The van der Waals surface area contributed by atoms with E-state index in [1.54, 1.807) is 0 Å². The molecule has 0 radical (unpaired) electrons.